The molecule has 0 amide bonds. The Labute approximate surface area is 176 Å². The van der Waals surface area contributed by atoms with Crippen LogP contribution < -0.4 is 4.74 Å². The minimum Gasteiger partial charge on any atom is -0.485 e. The highest BCUT2D eigenvalue weighted by Gasteiger charge is 2.28. The quantitative estimate of drug-likeness (QED) is 0.330. The Morgan fingerprint density at radius 2 is 1.73 bits per heavy atom. The molecule has 0 fully saturated rings. The molecular formula is C28H23NO. The molecule has 3 aromatic carbocycles. The van der Waals surface area contributed by atoms with Gasteiger partial charge in [-0.25, -0.2) is 0 Å². The Balaban J connectivity index is 1.92. The van der Waals surface area contributed by atoms with Crippen LogP contribution in [0.1, 0.15) is 12.5 Å². The molecular weight excluding hydrogens is 366 g/mol. The van der Waals surface area contributed by atoms with E-state index in [1.54, 1.807) is 6.08 Å². The Bertz CT molecular complexity index is 1370. The fourth-order valence-corrected chi connectivity index (χ4v) is 4.37. The van der Waals surface area contributed by atoms with Crippen molar-refractivity contribution in [3.63, 3.8) is 0 Å². The molecule has 1 aliphatic heterocycles. The Morgan fingerprint density at radius 3 is 2.47 bits per heavy atom. The van der Waals surface area contributed by atoms with E-state index < -0.39 is 0 Å². The van der Waals surface area contributed by atoms with Crippen molar-refractivity contribution in [3.05, 3.63) is 104 Å². The number of nitrogens with zero attached hydrogens (tertiary/aromatic N) is 1. The van der Waals surface area contributed by atoms with Gasteiger partial charge in [-0.1, -0.05) is 62.2 Å². The number of hydrogen-bond acceptors (Lipinski definition) is 1. The van der Waals surface area contributed by atoms with Crippen LogP contribution in [0.3, 0.4) is 0 Å². The van der Waals surface area contributed by atoms with Crippen LogP contribution in [-0.4, -0.2) is 10.7 Å². The van der Waals surface area contributed by atoms with Gasteiger partial charge in [0.25, 0.3) is 0 Å². The first kappa shape index (κ1) is 18.3. The Kier molecular flexibility index (Phi) is 4.22. The SMILES string of the molecule is C=C/C=C(\C=C)n1c2ccc(-c3ccccc3)cc2c2c3c(ccc21)C(=C)C(C)O3. The van der Waals surface area contributed by atoms with Crippen molar-refractivity contribution in [2.24, 2.45) is 0 Å². The third-order valence-electron chi connectivity index (χ3n) is 5.88. The maximum Gasteiger partial charge on any atom is 0.137 e. The van der Waals surface area contributed by atoms with Crippen molar-refractivity contribution in [3.8, 4) is 16.9 Å². The number of hydrogen-bond donors (Lipinski definition) is 0. The van der Waals surface area contributed by atoms with Gasteiger partial charge in [0.05, 0.1) is 16.4 Å². The zero-order valence-corrected chi connectivity index (χ0v) is 17.1. The molecule has 1 unspecified atom stereocenters. The number of aromatic nitrogens is 1. The van der Waals surface area contributed by atoms with Gasteiger partial charge in [0.15, 0.2) is 0 Å². The van der Waals surface area contributed by atoms with E-state index in [0.29, 0.717) is 0 Å². The summed E-state index contributed by atoms with van der Waals surface area (Å²) >= 11 is 0. The summed E-state index contributed by atoms with van der Waals surface area (Å²) in [7, 11) is 0. The highest BCUT2D eigenvalue weighted by atomic mass is 16.5. The number of fused-ring (bicyclic) bond motifs is 5. The monoisotopic (exact) mass is 389 g/mol. The molecule has 0 saturated carbocycles. The van der Waals surface area contributed by atoms with Crippen molar-refractivity contribution in [2.75, 3.05) is 0 Å². The van der Waals surface area contributed by atoms with Crippen LogP contribution in [0.25, 0.3) is 44.2 Å². The lowest BCUT2D eigenvalue weighted by molar-refractivity contribution is 0.301. The first-order chi connectivity index (χ1) is 14.6. The summed E-state index contributed by atoms with van der Waals surface area (Å²) in [6, 6.07) is 21.3. The fraction of sp³-hybridized carbons (Fsp3) is 0.0714. The molecule has 1 atom stereocenters. The molecule has 2 nitrogen and oxygen atoms in total. The van der Waals surface area contributed by atoms with Crippen molar-refractivity contribution < 1.29 is 4.74 Å². The summed E-state index contributed by atoms with van der Waals surface area (Å²) in [6.45, 7) is 14.2. The zero-order valence-electron chi connectivity index (χ0n) is 17.1. The largest absolute Gasteiger partial charge is 0.485 e. The van der Waals surface area contributed by atoms with Crippen molar-refractivity contribution >= 4 is 33.1 Å². The van der Waals surface area contributed by atoms with Crippen molar-refractivity contribution in [1.29, 1.82) is 0 Å². The highest BCUT2D eigenvalue weighted by molar-refractivity contribution is 6.16. The van der Waals surface area contributed by atoms with Crippen LogP contribution in [-0.2, 0) is 0 Å². The number of rotatable bonds is 4. The molecule has 2 heteroatoms. The van der Waals surface area contributed by atoms with E-state index in [9.17, 15) is 0 Å². The molecule has 2 heterocycles. The molecule has 0 saturated heterocycles. The fourth-order valence-electron chi connectivity index (χ4n) is 4.37. The molecule has 0 bridgehead atoms. The van der Waals surface area contributed by atoms with Crippen LogP contribution in [0, 0.1) is 0 Å². The lowest BCUT2D eigenvalue weighted by Gasteiger charge is -2.09. The topological polar surface area (TPSA) is 14.2 Å². The van der Waals surface area contributed by atoms with E-state index in [1.165, 1.54) is 11.1 Å². The van der Waals surface area contributed by atoms with Gasteiger partial charge < -0.3 is 9.30 Å². The maximum absolute atomic E-state index is 6.29. The van der Waals surface area contributed by atoms with E-state index in [2.05, 4.69) is 85.8 Å². The maximum atomic E-state index is 6.29. The van der Waals surface area contributed by atoms with Gasteiger partial charge in [-0.15, -0.1) is 0 Å². The van der Waals surface area contributed by atoms with E-state index in [4.69, 9.17) is 4.74 Å². The standard InChI is InChI=1S/C28H23NO/c1-5-10-22(6-2)29-25-15-13-21(20-11-8-7-9-12-20)17-24(25)27-26(29)16-14-23-18(3)19(4)30-28(23)27/h5-17,19H,1-3H2,4H3/b22-10+. The summed E-state index contributed by atoms with van der Waals surface area (Å²) in [5.41, 5.74) is 7.66. The third kappa shape index (κ3) is 2.57. The van der Waals surface area contributed by atoms with Gasteiger partial charge in [0.1, 0.15) is 11.9 Å². The molecule has 1 aliphatic rings. The van der Waals surface area contributed by atoms with Gasteiger partial charge >= 0.3 is 0 Å². The predicted octanol–water partition coefficient (Wildman–Crippen LogP) is 7.47. The summed E-state index contributed by atoms with van der Waals surface area (Å²) in [4.78, 5) is 0. The van der Waals surface area contributed by atoms with Crippen LogP contribution in [0.4, 0.5) is 0 Å². The van der Waals surface area contributed by atoms with Crippen molar-refractivity contribution in [1.82, 2.24) is 4.57 Å². The lowest BCUT2D eigenvalue weighted by atomic mass is 10.00. The first-order valence-corrected chi connectivity index (χ1v) is 10.1. The molecule has 0 spiro atoms. The summed E-state index contributed by atoms with van der Waals surface area (Å²) in [5.74, 6) is 0.918. The Morgan fingerprint density at radius 1 is 0.967 bits per heavy atom. The average Bonchev–Trinajstić information content (AvgIpc) is 3.26. The molecule has 146 valence electrons. The van der Waals surface area contributed by atoms with E-state index in [0.717, 1.165) is 44.4 Å². The second-order valence-electron chi connectivity index (χ2n) is 7.59. The number of benzene rings is 3. The number of ether oxygens (including phenoxy) is 1. The van der Waals surface area contributed by atoms with Crippen LogP contribution in [0.5, 0.6) is 5.75 Å². The van der Waals surface area contributed by atoms with Gasteiger partial charge in [-0.05, 0) is 60.0 Å². The highest BCUT2D eigenvalue weighted by Crippen LogP contribution is 2.46. The summed E-state index contributed by atoms with van der Waals surface area (Å²) in [5, 5.41) is 2.27. The molecule has 0 radical (unpaired) electrons. The van der Waals surface area contributed by atoms with Crippen LogP contribution in [0.2, 0.25) is 0 Å². The normalized spacial score (nSPS) is 16.0. The van der Waals surface area contributed by atoms with E-state index >= 15 is 0 Å². The molecule has 5 rings (SSSR count). The zero-order chi connectivity index (χ0) is 20.8. The number of allylic oxidation sites excluding steroid dienone is 4. The van der Waals surface area contributed by atoms with Gasteiger partial charge in [-0.2, -0.15) is 0 Å². The molecule has 1 aromatic heterocycles. The smallest absolute Gasteiger partial charge is 0.137 e. The van der Waals surface area contributed by atoms with Gasteiger partial charge in [0, 0.05) is 16.6 Å². The summed E-state index contributed by atoms with van der Waals surface area (Å²) < 4.78 is 8.52. The lowest BCUT2D eigenvalue weighted by Crippen LogP contribution is -2.04. The molecule has 4 aromatic rings. The van der Waals surface area contributed by atoms with E-state index in [-0.39, 0.29) is 6.10 Å². The Hall–Kier alpha value is -3.78. The average molecular weight is 389 g/mol. The summed E-state index contributed by atoms with van der Waals surface area (Å²) in [6.07, 6.45) is 5.61. The van der Waals surface area contributed by atoms with Gasteiger partial charge in [-0.3, -0.25) is 0 Å². The predicted molar refractivity (Wildman–Crippen MR) is 129 cm³/mol. The van der Waals surface area contributed by atoms with Crippen LogP contribution >= 0.6 is 0 Å². The minimum absolute atomic E-state index is 0.0242. The second-order valence-corrected chi connectivity index (χ2v) is 7.59. The minimum atomic E-state index is -0.0242. The molecule has 0 aliphatic carbocycles. The van der Waals surface area contributed by atoms with Gasteiger partial charge in [0.2, 0.25) is 0 Å². The van der Waals surface area contributed by atoms with Crippen LogP contribution in [0.15, 0.2) is 98.6 Å². The second kappa shape index (κ2) is 6.93. The molecule has 30 heavy (non-hydrogen) atoms. The van der Waals surface area contributed by atoms with E-state index in [1.807, 2.05) is 18.2 Å². The first-order valence-electron chi connectivity index (χ1n) is 10.1. The molecule has 0 N–H and O–H groups in total. The third-order valence-corrected chi connectivity index (χ3v) is 5.88. The van der Waals surface area contributed by atoms with Crippen molar-refractivity contribution in [2.45, 2.75) is 13.0 Å².